The third kappa shape index (κ3) is 3.44. The van der Waals surface area contributed by atoms with Crippen molar-refractivity contribution < 1.29 is 12.8 Å². The molecule has 6 heteroatoms. The summed E-state index contributed by atoms with van der Waals surface area (Å²) in [6.45, 7) is 0.137. The minimum atomic E-state index is -3.25. The van der Waals surface area contributed by atoms with Gasteiger partial charge in [-0.15, -0.1) is 0 Å². The van der Waals surface area contributed by atoms with Crippen LogP contribution in [0.2, 0.25) is 5.02 Å². The molecule has 0 amide bonds. The molecule has 0 N–H and O–H groups in total. The van der Waals surface area contributed by atoms with E-state index in [0.29, 0.717) is 5.56 Å². The Balaban J connectivity index is 2.91. The Morgan fingerprint density at radius 3 is 2.53 bits per heavy atom. The normalized spacial score (nSPS) is 12.1. The molecule has 0 aliphatic heterocycles. The molecule has 0 bridgehead atoms. The average Bonchev–Trinajstić information content (AvgIpc) is 2.08. The van der Waals surface area contributed by atoms with Gasteiger partial charge in [0.05, 0.1) is 6.26 Å². The van der Waals surface area contributed by atoms with Crippen LogP contribution in [0.1, 0.15) is 5.56 Å². The summed E-state index contributed by atoms with van der Waals surface area (Å²) in [6, 6.07) is 3.88. The predicted molar refractivity (Wildman–Crippen MR) is 57.7 cm³/mol. The van der Waals surface area contributed by atoms with E-state index < -0.39 is 15.8 Å². The summed E-state index contributed by atoms with van der Waals surface area (Å²) in [5, 5.41) is 0.227. The Labute approximate surface area is 93.5 Å². The lowest BCUT2D eigenvalue weighted by molar-refractivity contribution is 0.472. The first kappa shape index (κ1) is 12.4. The minimum Gasteiger partial charge on any atom is -0.213 e. The lowest BCUT2D eigenvalue weighted by atomic mass is 10.2. The number of hydrogen-bond donors (Lipinski definition) is 0. The fourth-order valence-electron chi connectivity index (χ4n) is 1.01. The summed E-state index contributed by atoms with van der Waals surface area (Å²) < 4.78 is 36.1. The van der Waals surface area contributed by atoms with Crippen molar-refractivity contribution in [2.45, 2.75) is 6.54 Å². The Hall–Kier alpha value is -0.650. The maximum Gasteiger partial charge on any atom is 0.211 e. The molecule has 0 saturated carbocycles. The Morgan fingerprint density at radius 1 is 1.47 bits per heavy atom. The minimum absolute atomic E-state index is 0.137. The van der Waals surface area contributed by atoms with Crippen molar-refractivity contribution in [3.63, 3.8) is 0 Å². The number of nitrogens with zero attached hydrogens (tertiary/aromatic N) is 1. The lowest BCUT2D eigenvalue weighted by Gasteiger charge is -2.14. The third-order valence-corrected chi connectivity index (χ3v) is 3.59. The molecule has 0 aliphatic rings. The fraction of sp³-hybridized carbons (Fsp3) is 0.333. The summed E-state index contributed by atoms with van der Waals surface area (Å²) in [5.74, 6) is -0.439. The van der Waals surface area contributed by atoms with Gasteiger partial charge in [0.1, 0.15) is 5.82 Å². The van der Waals surface area contributed by atoms with E-state index in [9.17, 15) is 12.8 Å². The SMILES string of the molecule is CN(Cc1ccc(F)cc1Cl)S(C)(=O)=O. The zero-order valence-electron chi connectivity index (χ0n) is 8.37. The molecule has 0 aliphatic carbocycles. The van der Waals surface area contributed by atoms with Gasteiger partial charge in [0.15, 0.2) is 0 Å². The lowest BCUT2D eigenvalue weighted by Crippen LogP contribution is -2.25. The van der Waals surface area contributed by atoms with Crippen LogP contribution in [0.5, 0.6) is 0 Å². The Morgan fingerprint density at radius 2 is 2.07 bits per heavy atom. The molecule has 0 fully saturated rings. The highest BCUT2D eigenvalue weighted by Crippen LogP contribution is 2.19. The third-order valence-electron chi connectivity index (χ3n) is 1.97. The van der Waals surface area contributed by atoms with Gasteiger partial charge in [0.25, 0.3) is 0 Å². The van der Waals surface area contributed by atoms with Gasteiger partial charge in [0.2, 0.25) is 10.0 Å². The van der Waals surface area contributed by atoms with Crippen molar-refractivity contribution >= 4 is 21.6 Å². The molecular formula is C9H11ClFNO2S. The second-order valence-electron chi connectivity index (χ2n) is 3.25. The molecule has 0 atom stereocenters. The van der Waals surface area contributed by atoms with E-state index in [1.807, 2.05) is 0 Å². The van der Waals surface area contributed by atoms with Gasteiger partial charge in [-0.25, -0.2) is 17.1 Å². The smallest absolute Gasteiger partial charge is 0.211 e. The highest BCUT2D eigenvalue weighted by Gasteiger charge is 2.13. The molecule has 0 radical (unpaired) electrons. The first-order chi connectivity index (χ1) is 6.80. The molecular weight excluding hydrogens is 241 g/mol. The van der Waals surface area contributed by atoms with Crippen LogP contribution in [0.15, 0.2) is 18.2 Å². The number of rotatable bonds is 3. The van der Waals surface area contributed by atoms with E-state index in [2.05, 4.69) is 0 Å². The number of sulfonamides is 1. The van der Waals surface area contributed by atoms with Crippen molar-refractivity contribution in [2.75, 3.05) is 13.3 Å². The van der Waals surface area contributed by atoms with Crippen LogP contribution in [-0.2, 0) is 16.6 Å². The van der Waals surface area contributed by atoms with Crippen molar-refractivity contribution in [3.05, 3.63) is 34.6 Å². The average molecular weight is 252 g/mol. The maximum absolute atomic E-state index is 12.7. The standard InChI is InChI=1S/C9H11ClFNO2S/c1-12(15(2,13)14)6-7-3-4-8(11)5-9(7)10/h3-5H,6H2,1-2H3. The summed E-state index contributed by atoms with van der Waals surface area (Å²) in [5.41, 5.74) is 0.575. The number of halogens is 2. The van der Waals surface area contributed by atoms with E-state index >= 15 is 0 Å². The summed E-state index contributed by atoms with van der Waals surface area (Å²) in [7, 11) is -1.81. The van der Waals surface area contributed by atoms with Gasteiger partial charge >= 0.3 is 0 Å². The first-order valence-corrected chi connectivity index (χ1v) is 6.38. The highest BCUT2D eigenvalue weighted by atomic mass is 35.5. The monoisotopic (exact) mass is 251 g/mol. The van der Waals surface area contributed by atoms with Gasteiger partial charge in [-0.2, -0.15) is 0 Å². The van der Waals surface area contributed by atoms with E-state index in [1.54, 1.807) is 0 Å². The van der Waals surface area contributed by atoms with Gasteiger partial charge < -0.3 is 0 Å². The molecule has 1 aromatic rings. The van der Waals surface area contributed by atoms with Crippen LogP contribution in [-0.4, -0.2) is 26.0 Å². The molecule has 0 spiro atoms. The van der Waals surface area contributed by atoms with Crippen molar-refractivity contribution in [3.8, 4) is 0 Å². The predicted octanol–water partition coefficient (Wildman–Crippen LogP) is 1.87. The molecule has 0 unspecified atom stereocenters. The largest absolute Gasteiger partial charge is 0.213 e. The van der Waals surface area contributed by atoms with Gasteiger partial charge in [-0.05, 0) is 17.7 Å². The zero-order valence-corrected chi connectivity index (χ0v) is 9.94. The molecule has 0 heterocycles. The van der Waals surface area contributed by atoms with Crippen LogP contribution in [0.4, 0.5) is 4.39 Å². The Bertz CT molecular complexity index is 461. The van der Waals surface area contributed by atoms with Crippen molar-refractivity contribution in [1.29, 1.82) is 0 Å². The molecule has 3 nitrogen and oxygen atoms in total. The fourth-order valence-corrected chi connectivity index (χ4v) is 1.61. The second-order valence-corrected chi connectivity index (χ2v) is 5.75. The molecule has 0 aromatic heterocycles. The van der Waals surface area contributed by atoms with Crippen molar-refractivity contribution in [2.24, 2.45) is 0 Å². The molecule has 1 rings (SSSR count). The van der Waals surface area contributed by atoms with Crippen LogP contribution in [0.25, 0.3) is 0 Å². The van der Waals surface area contributed by atoms with E-state index in [-0.39, 0.29) is 11.6 Å². The van der Waals surface area contributed by atoms with Crippen LogP contribution >= 0.6 is 11.6 Å². The quantitative estimate of drug-likeness (QED) is 0.823. The topological polar surface area (TPSA) is 37.4 Å². The first-order valence-electron chi connectivity index (χ1n) is 4.16. The molecule has 1 aromatic carbocycles. The van der Waals surface area contributed by atoms with E-state index in [4.69, 9.17) is 11.6 Å². The van der Waals surface area contributed by atoms with Gasteiger partial charge in [0, 0.05) is 18.6 Å². The number of hydrogen-bond acceptors (Lipinski definition) is 2. The highest BCUT2D eigenvalue weighted by molar-refractivity contribution is 7.88. The van der Waals surface area contributed by atoms with E-state index in [1.165, 1.54) is 19.2 Å². The second kappa shape index (κ2) is 4.47. The summed E-state index contributed by atoms with van der Waals surface area (Å²) >= 11 is 5.76. The molecule has 15 heavy (non-hydrogen) atoms. The number of benzene rings is 1. The van der Waals surface area contributed by atoms with Crippen LogP contribution in [0.3, 0.4) is 0 Å². The van der Waals surface area contributed by atoms with Gasteiger partial charge in [-0.3, -0.25) is 0 Å². The maximum atomic E-state index is 12.7. The molecule has 84 valence electrons. The van der Waals surface area contributed by atoms with Crippen LogP contribution < -0.4 is 0 Å². The van der Waals surface area contributed by atoms with Crippen LogP contribution in [0, 0.1) is 5.82 Å². The summed E-state index contributed by atoms with van der Waals surface area (Å²) in [4.78, 5) is 0. The Kier molecular flexibility index (Phi) is 3.70. The van der Waals surface area contributed by atoms with Crippen molar-refractivity contribution in [1.82, 2.24) is 4.31 Å². The summed E-state index contributed by atoms with van der Waals surface area (Å²) in [6.07, 6.45) is 1.10. The van der Waals surface area contributed by atoms with Gasteiger partial charge in [-0.1, -0.05) is 17.7 Å². The van der Waals surface area contributed by atoms with E-state index in [0.717, 1.165) is 16.6 Å². The molecule has 0 saturated heterocycles. The zero-order chi connectivity index (χ0) is 11.6.